The van der Waals surface area contributed by atoms with E-state index >= 15 is 0 Å². The second-order valence-electron chi connectivity index (χ2n) is 3.01. The number of piperidine rings is 1. The summed E-state index contributed by atoms with van der Waals surface area (Å²) in [6.45, 7) is 5.09. The van der Waals surface area contributed by atoms with Crippen LogP contribution in [0.25, 0.3) is 0 Å². The van der Waals surface area contributed by atoms with Crippen LogP contribution in [0, 0.1) is 5.92 Å². The molecule has 1 fully saturated rings. The molecule has 2 N–H and O–H groups in total. The molecule has 0 amide bonds. The highest BCUT2D eigenvalue weighted by Gasteiger charge is 2.20. The van der Waals surface area contributed by atoms with E-state index in [0.29, 0.717) is 12.0 Å². The molecule has 0 radical (unpaired) electrons. The van der Waals surface area contributed by atoms with Crippen LogP contribution in [0.1, 0.15) is 20.3 Å². The molecule has 0 saturated carbocycles. The van der Waals surface area contributed by atoms with Crippen molar-refractivity contribution in [1.82, 2.24) is 5.32 Å². The van der Waals surface area contributed by atoms with Gasteiger partial charge >= 0.3 is 0 Å². The molecule has 1 rings (SSSR count). The van der Waals surface area contributed by atoms with Crippen molar-refractivity contribution in [2.24, 2.45) is 11.1 Å². The van der Waals surface area contributed by atoms with Crippen LogP contribution in [-0.4, -0.2) is 23.5 Å². The Bertz CT molecular complexity index is 145. The lowest BCUT2D eigenvalue weighted by molar-refractivity contribution is 0.308. The minimum atomic E-state index is 0.390. The predicted octanol–water partition coefficient (Wildman–Crippen LogP) is 0.834. The first-order valence-electron chi connectivity index (χ1n) is 3.68. The van der Waals surface area contributed by atoms with E-state index in [4.69, 9.17) is 5.21 Å². The highest BCUT2D eigenvalue weighted by molar-refractivity contribution is 5.87. The molecule has 58 valence electrons. The van der Waals surface area contributed by atoms with Gasteiger partial charge in [-0.2, -0.15) is 0 Å². The Kier molecular flexibility index (Phi) is 2.27. The van der Waals surface area contributed by atoms with Gasteiger partial charge in [0.25, 0.3) is 0 Å². The third kappa shape index (κ3) is 1.48. The number of rotatable bonds is 0. The highest BCUT2D eigenvalue weighted by Crippen LogP contribution is 2.10. The minimum absolute atomic E-state index is 0.390. The summed E-state index contributed by atoms with van der Waals surface area (Å²) in [7, 11) is 0. The molecular weight excluding hydrogens is 128 g/mol. The van der Waals surface area contributed by atoms with Gasteiger partial charge in [-0.05, 0) is 6.92 Å². The van der Waals surface area contributed by atoms with E-state index in [1.54, 1.807) is 0 Å². The maximum atomic E-state index is 8.54. The van der Waals surface area contributed by atoms with Crippen molar-refractivity contribution in [3.05, 3.63) is 0 Å². The van der Waals surface area contributed by atoms with Gasteiger partial charge < -0.3 is 10.5 Å². The van der Waals surface area contributed by atoms with Crippen molar-refractivity contribution in [3.63, 3.8) is 0 Å². The summed E-state index contributed by atoms with van der Waals surface area (Å²) in [6, 6.07) is 0.460. The average Bonchev–Trinajstić information content (AvgIpc) is 1.94. The molecule has 10 heavy (non-hydrogen) atoms. The van der Waals surface area contributed by atoms with Gasteiger partial charge in [-0.15, -0.1) is 0 Å². The molecular formula is C7H14N2O. The zero-order chi connectivity index (χ0) is 7.56. The molecule has 0 unspecified atom stereocenters. The molecule has 0 aliphatic carbocycles. The molecule has 1 aliphatic heterocycles. The van der Waals surface area contributed by atoms with Crippen LogP contribution in [0.2, 0.25) is 0 Å². The maximum Gasteiger partial charge on any atom is 0.0626 e. The first-order valence-corrected chi connectivity index (χ1v) is 3.68. The third-order valence-corrected chi connectivity index (χ3v) is 1.99. The number of hydrogen-bond acceptors (Lipinski definition) is 3. The zero-order valence-electron chi connectivity index (χ0n) is 6.46. The van der Waals surface area contributed by atoms with Crippen LogP contribution in [0.4, 0.5) is 0 Å². The lowest BCUT2D eigenvalue weighted by atomic mass is 9.95. The summed E-state index contributed by atoms with van der Waals surface area (Å²) >= 11 is 0. The Balaban J connectivity index is 2.54. The van der Waals surface area contributed by atoms with E-state index in [1.165, 1.54) is 0 Å². The van der Waals surface area contributed by atoms with Crippen molar-refractivity contribution < 1.29 is 5.21 Å². The van der Waals surface area contributed by atoms with Crippen molar-refractivity contribution in [3.8, 4) is 0 Å². The van der Waals surface area contributed by atoms with Gasteiger partial charge in [0, 0.05) is 24.9 Å². The van der Waals surface area contributed by atoms with E-state index < -0.39 is 0 Å². The van der Waals surface area contributed by atoms with E-state index in [-0.39, 0.29) is 0 Å². The molecule has 3 heteroatoms. The first-order chi connectivity index (χ1) is 4.74. The molecule has 0 aromatic carbocycles. The van der Waals surface area contributed by atoms with Crippen LogP contribution in [0.3, 0.4) is 0 Å². The van der Waals surface area contributed by atoms with Crippen molar-refractivity contribution in [2.45, 2.75) is 26.3 Å². The molecule has 0 aromatic rings. The monoisotopic (exact) mass is 142 g/mol. The fraction of sp³-hybridized carbons (Fsp3) is 0.857. The summed E-state index contributed by atoms with van der Waals surface area (Å²) in [6.07, 6.45) is 0.873. The Morgan fingerprint density at radius 3 is 2.80 bits per heavy atom. The molecule has 1 heterocycles. The van der Waals surface area contributed by atoms with E-state index in [1.807, 2.05) is 0 Å². The Hall–Kier alpha value is -0.570. The number of hydrogen-bond donors (Lipinski definition) is 2. The summed E-state index contributed by atoms with van der Waals surface area (Å²) in [5, 5.41) is 15.1. The summed E-state index contributed by atoms with van der Waals surface area (Å²) in [4.78, 5) is 0. The largest absolute Gasteiger partial charge is 0.411 e. The molecule has 3 nitrogen and oxygen atoms in total. The quantitative estimate of drug-likeness (QED) is 0.389. The van der Waals surface area contributed by atoms with E-state index in [9.17, 15) is 0 Å². The number of nitrogens with one attached hydrogen (secondary N) is 1. The summed E-state index contributed by atoms with van der Waals surface area (Å²) in [5.74, 6) is 0.390. The van der Waals surface area contributed by atoms with E-state index in [2.05, 4.69) is 24.3 Å². The fourth-order valence-electron chi connectivity index (χ4n) is 1.22. The number of oxime groups is 1. The Morgan fingerprint density at radius 1 is 1.60 bits per heavy atom. The average molecular weight is 142 g/mol. The van der Waals surface area contributed by atoms with Gasteiger partial charge in [0.1, 0.15) is 0 Å². The van der Waals surface area contributed by atoms with Gasteiger partial charge in [-0.25, -0.2) is 0 Å². The number of nitrogens with zero attached hydrogens (tertiary/aromatic N) is 1. The smallest absolute Gasteiger partial charge is 0.0626 e. The van der Waals surface area contributed by atoms with Crippen molar-refractivity contribution >= 4 is 5.71 Å². The van der Waals surface area contributed by atoms with Crippen LogP contribution < -0.4 is 5.32 Å². The SMILES string of the molecule is C[C@H]1C/C(=N\O)[C@@H](C)CN1. The van der Waals surface area contributed by atoms with Crippen LogP contribution in [0.5, 0.6) is 0 Å². The van der Waals surface area contributed by atoms with Crippen molar-refractivity contribution in [2.75, 3.05) is 6.54 Å². The van der Waals surface area contributed by atoms with Gasteiger partial charge in [0.15, 0.2) is 0 Å². The standard InChI is InChI=1S/C7H14N2O/c1-5-4-8-6(2)3-7(5)9-10/h5-6,8,10H,3-4H2,1-2H3/b9-7+/t5-,6-/m0/s1. The lowest BCUT2D eigenvalue weighted by Gasteiger charge is -2.25. The van der Waals surface area contributed by atoms with Crippen molar-refractivity contribution in [1.29, 1.82) is 0 Å². The second-order valence-corrected chi connectivity index (χ2v) is 3.01. The van der Waals surface area contributed by atoms with Crippen LogP contribution in [-0.2, 0) is 0 Å². The molecule has 1 saturated heterocycles. The van der Waals surface area contributed by atoms with Gasteiger partial charge in [0.05, 0.1) is 5.71 Å². The topological polar surface area (TPSA) is 44.6 Å². The molecule has 2 atom stereocenters. The minimum Gasteiger partial charge on any atom is -0.411 e. The summed E-state index contributed by atoms with van der Waals surface area (Å²) < 4.78 is 0. The van der Waals surface area contributed by atoms with Gasteiger partial charge in [-0.3, -0.25) is 0 Å². The zero-order valence-corrected chi connectivity index (χ0v) is 6.46. The first kappa shape index (κ1) is 7.54. The third-order valence-electron chi connectivity index (χ3n) is 1.99. The van der Waals surface area contributed by atoms with E-state index in [0.717, 1.165) is 18.7 Å². The molecule has 1 aliphatic rings. The summed E-state index contributed by atoms with van der Waals surface area (Å²) in [5.41, 5.74) is 0.922. The molecule has 0 spiro atoms. The highest BCUT2D eigenvalue weighted by atomic mass is 16.4. The Labute approximate surface area is 61.1 Å². The van der Waals surface area contributed by atoms with Crippen LogP contribution >= 0.6 is 0 Å². The van der Waals surface area contributed by atoms with Gasteiger partial charge in [-0.1, -0.05) is 12.1 Å². The predicted molar refractivity (Wildman–Crippen MR) is 40.5 cm³/mol. The van der Waals surface area contributed by atoms with Crippen LogP contribution in [0.15, 0.2) is 5.16 Å². The normalized spacial score (nSPS) is 38.4. The fourth-order valence-corrected chi connectivity index (χ4v) is 1.22. The molecule has 0 aromatic heterocycles. The second kappa shape index (κ2) is 3.01. The lowest BCUT2D eigenvalue weighted by Crippen LogP contribution is -2.41. The molecule has 0 bridgehead atoms. The van der Waals surface area contributed by atoms with Gasteiger partial charge in [0.2, 0.25) is 0 Å². The maximum absolute atomic E-state index is 8.54. The Morgan fingerprint density at radius 2 is 2.30 bits per heavy atom.